The molecular formula is C23H19NO4. The minimum atomic E-state index is -0.880. The maximum absolute atomic E-state index is 12.7. The average molecular weight is 373 g/mol. The number of esters is 1. The molecule has 28 heavy (non-hydrogen) atoms. The normalized spacial score (nSPS) is 15.3. The first kappa shape index (κ1) is 17.8. The zero-order valence-corrected chi connectivity index (χ0v) is 15.3. The van der Waals surface area contributed by atoms with Crippen LogP contribution in [-0.2, 0) is 16.0 Å². The minimum Gasteiger partial charge on any atom is -0.455 e. The molecule has 0 radical (unpaired) electrons. The number of benzene rings is 3. The van der Waals surface area contributed by atoms with Crippen LogP contribution in [0.5, 0.6) is 11.5 Å². The van der Waals surface area contributed by atoms with E-state index in [-0.39, 0.29) is 5.91 Å². The first-order valence-corrected chi connectivity index (χ1v) is 9.03. The van der Waals surface area contributed by atoms with Crippen molar-refractivity contribution in [2.24, 2.45) is 0 Å². The third-order valence-electron chi connectivity index (χ3n) is 4.58. The summed E-state index contributed by atoms with van der Waals surface area (Å²) in [6.45, 7) is 2.00. The van der Waals surface area contributed by atoms with Gasteiger partial charge >= 0.3 is 5.97 Å². The summed E-state index contributed by atoms with van der Waals surface area (Å²) in [6.07, 6.45) is -0.538. The van der Waals surface area contributed by atoms with Crippen LogP contribution in [0.3, 0.4) is 0 Å². The smallest absolute Gasteiger partial charge is 0.339 e. The molecule has 0 aromatic heterocycles. The van der Waals surface area contributed by atoms with Crippen molar-refractivity contribution in [1.29, 1.82) is 0 Å². The molecule has 0 fully saturated rings. The molecule has 0 aliphatic carbocycles. The Morgan fingerprint density at radius 3 is 2.54 bits per heavy atom. The number of para-hydroxylation sites is 2. The molecule has 1 N–H and O–H groups in total. The Morgan fingerprint density at radius 1 is 1.00 bits per heavy atom. The number of anilines is 1. The van der Waals surface area contributed by atoms with Crippen molar-refractivity contribution in [2.45, 2.75) is 19.4 Å². The lowest BCUT2D eigenvalue weighted by Gasteiger charge is -2.24. The Hall–Kier alpha value is -3.60. The third-order valence-corrected chi connectivity index (χ3v) is 4.58. The number of carbonyl (C=O) groups is 2. The van der Waals surface area contributed by atoms with Crippen LogP contribution in [0.2, 0.25) is 0 Å². The molecule has 0 spiro atoms. The lowest BCUT2D eigenvalue weighted by atomic mass is 9.98. The van der Waals surface area contributed by atoms with Gasteiger partial charge in [-0.3, -0.25) is 4.79 Å². The van der Waals surface area contributed by atoms with Crippen LogP contribution in [-0.4, -0.2) is 18.0 Å². The van der Waals surface area contributed by atoms with Crippen LogP contribution in [0.25, 0.3) is 0 Å². The van der Waals surface area contributed by atoms with E-state index < -0.39 is 12.1 Å². The van der Waals surface area contributed by atoms with E-state index in [1.165, 1.54) is 0 Å². The maximum Gasteiger partial charge on any atom is 0.339 e. The van der Waals surface area contributed by atoms with Crippen LogP contribution in [0, 0.1) is 6.92 Å². The van der Waals surface area contributed by atoms with Crippen LogP contribution in [0.15, 0.2) is 72.8 Å². The number of fused-ring (bicyclic) bond motifs is 1. The monoisotopic (exact) mass is 373 g/mol. The van der Waals surface area contributed by atoms with Gasteiger partial charge in [0.05, 0.1) is 11.3 Å². The molecule has 1 atom stereocenters. The summed E-state index contributed by atoms with van der Waals surface area (Å²) in [5, 5.41) is 2.82. The van der Waals surface area contributed by atoms with Crippen molar-refractivity contribution < 1.29 is 19.1 Å². The highest BCUT2D eigenvalue weighted by molar-refractivity contribution is 6.00. The van der Waals surface area contributed by atoms with Crippen molar-refractivity contribution in [3.8, 4) is 11.5 Å². The molecule has 0 saturated heterocycles. The zero-order valence-electron chi connectivity index (χ0n) is 15.3. The van der Waals surface area contributed by atoms with Crippen LogP contribution in [0.1, 0.15) is 21.5 Å². The van der Waals surface area contributed by atoms with Gasteiger partial charge in [-0.1, -0.05) is 48.0 Å². The molecular weight excluding hydrogens is 354 g/mol. The van der Waals surface area contributed by atoms with Gasteiger partial charge in [-0.05, 0) is 42.8 Å². The molecule has 0 saturated carbocycles. The van der Waals surface area contributed by atoms with Gasteiger partial charge in [0.1, 0.15) is 5.75 Å². The summed E-state index contributed by atoms with van der Waals surface area (Å²) < 4.78 is 11.2. The van der Waals surface area contributed by atoms with Crippen LogP contribution < -0.4 is 10.1 Å². The second kappa shape index (κ2) is 7.56. The predicted molar refractivity (Wildman–Crippen MR) is 106 cm³/mol. The van der Waals surface area contributed by atoms with Gasteiger partial charge in [-0.2, -0.15) is 0 Å². The van der Waals surface area contributed by atoms with E-state index in [1.807, 2.05) is 49.4 Å². The van der Waals surface area contributed by atoms with Crippen molar-refractivity contribution in [1.82, 2.24) is 0 Å². The SMILES string of the molecule is Cc1ccc(Oc2ccccc2NC(=O)[C@H]2Cc3ccccc3C(=O)O2)cc1. The molecule has 5 heteroatoms. The van der Waals surface area contributed by atoms with Gasteiger partial charge in [-0.15, -0.1) is 0 Å². The number of nitrogens with one attached hydrogen (secondary N) is 1. The number of aryl methyl sites for hydroxylation is 1. The Morgan fingerprint density at radius 2 is 1.71 bits per heavy atom. The first-order valence-electron chi connectivity index (χ1n) is 9.03. The van der Waals surface area contributed by atoms with Gasteiger partial charge in [0.15, 0.2) is 11.9 Å². The summed E-state index contributed by atoms with van der Waals surface area (Å²) >= 11 is 0. The highest BCUT2D eigenvalue weighted by Gasteiger charge is 2.31. The Labute approximate surface area is 162 Å². The van der Waals surface area contributed by atoms with Crippen molar-refractivity contribution in [3.05, 3.63) is 89.5 Å². The summed E-state index contributed by atoms with van der Waals surface area (Å²) in [5.74, 6) is 0.321. The van der Waals surface area contributed by atoms with E-state index in [9.17, 15) is 9.59 Å². The minimum absolute atomic E-state index is 0.342. The van der Waals surface area contributed by atoms with Crippen LogP contribution in [0.4, 0.5) is 5.69 Å². The molecule has 1 heterocycles. The number of hydrogen-bond donors (Lipinski definition) is 1. The lowest BCUT2D eigenvalue weighted by Crippen LogP contribution is -2.38. The number of ether oxygens (including phenoxy) is 2. The average Bonchev–Trinajstić information content (AvgIpc) is 2.71. The van der Waals surface area contributed by atoms with E-state index in [0.717, 1.165) is 11.1 Å². The predicted octanol–water partition coefficient (Wildman–Crippen LogP) is 4.51. The molecule has 3 aromatic rings. The summed E-state index contributed by atoms with van der Waals surface area (Å²) in [7, 11) is 0. The number of amides is 1. The summed E-state index contributed by atoms with van der Waals surface area (Å²) in [6, 6.07) is 22.0. The second-order valence-corrected chi connectivity index (χ2v) is 6.66. The Balaban J connectivity index is 1.51. The fourth-order valence-corrected chi connectivity index (χ4v) is 3.08. The standard InChI is InChI=1S/C23H19NO4/c1-15-10-12-17(13-11-15)27-20-9-5-4-8-19(20)24-22(25)21-14-16-6-2-3-7-18(16)23(26)28-21/h2-13,21H,14H2,1H3,(H,24,25)/t21-/m1/s1. The Kier molecular flexibility index (Phi) is 4.81. The third kappa shape index (κ3) is 3.74. The van der Waals surface area contributed by atoms with E-state index >= 15 is 0 Å². The maximum atomic E-state index is 12.7. The zero-order chi connectivity index (χ0) is 19.5. The second-order valence-electron chi connectivity index (χ2n) is 6.66. The lowest BCUT2D eigenvalue weighted by molar-refractivity contribution is -0.125. The fourth-order valence-electron chi connectivity index (χ4n) is 3.08. The molecule has 0 unspecified atom stereocenters. The van der Waals surface area contributed by atoms with Crippen molar-refractivity contribution >= 4 is 17.6 Å². The van der Waals surface area contributed by atoms with Crippen LogP contribution >= 0.6 is 0 Å². The molecule has 0 bridgehead atoms. The number of hydrogen-bond acceptors (Lipinski definition) is 4. The quantitative estimate of drug-likeness (QED) is 0.684. The van der Waals surface area contributed by atoms with E-state index in [0.29, 0.717) is 29.2 Å². The van der Waals surface area contributed by atoms with Gasteiger partial charge < -0.3 is 14.8 Å². The summed E-state index contributed by atoms with van der Waals surface area (Å²) in [4.78, 5) is 24.9. The van der Waals surface area contributed by atoms with E-state index in [1.54, 1.807) is 30.3 Å². The van der Waals surface area contributed by atoms with E-state index in [4.69, 9.17) is 9.47 Å². The first-order chi connectivity index (χ1) is 13.6. The fraction of sp³-hybridized carbons (Fsp3) is 0.130. The molecule has 5 nitrogen and oxygen atoms in total. The molecule has 1 aliphatic heterocycles. The van der Waals surface area contributed by atoms with Crippen molar-refractivity contribution in [2.75, 3.05) is 5.32 Å². The molecule has 4 rings (SSSR count). The topological polar surface area (TPSA) is 64.6 Å². The highest BCUT2D eigenvalue weighted by Crippen LogP contribution is 2.30. The van der Waals surface area contributed by atoms with Gasteiger partial charge in [0, 0.05) is 6.42 Å². The number of cyclic esters (lactones) is 1. The molecule has 1 aliphatic rings. The molecule has 1 amide bonds. The van der Waals surface area contributed by atoms with Crippen molar-refractivity contribution in [3.63, 3.8) is 0 Å². The van der Waals surface area contributed by atoms with E-state index in [2.05, 4.69) is 5.32 Å². The van der Waals surface area contributed by atoms with Gasteiger partial charge in [0.2, 0.25) is 0 Å². The molecule has 140 valence electrons. The summed E-state index contributed by atoms with van der Waals surface area (Å²) in [5.41, 5.74) is 2.97. The van der Waals surface area contributed by atoms with Gasteiger partial charge in [0.25, 0.3) is 5.91 Å². The van der Waals surface area contributed by atoms with Gasteiger partial charge in [-0.25, -0.2) is 4.79 Å². The highest BCUT2D eigenvalue weighted by atomic mass is 16.5. The Bertz CT molecular complexity index is 1030. The largest absolute Gasteiger partial charge is 0.455 e. The number of carbonyl (C=O) groups excluding carboxylic acids is 2. The number of rotatable bonds is 4. The molecule has 3 aromatic carbocycles.